The zero-order chi connectivity index (χ0) is 17.6. The topological polar surface area (TPSA) is 59.6 Å². The molecule has 136 valence electrons. The van der Waals surface area contributed by atoms with E-state index in [1.54, 1.807) is 12.1 Å². The number of ether oxygens (including phenoxy) is 1. The van der Waals surface area contributed by atoms with Gasteiger partial charge in [0.15, 0.2) is 5.96 Å². The first-order chi connectivity index (χ1) is 11.3. The highest BCUT2D eigenvalue weighted by Gasteiger charge is 2.30. The van der Waals surface area contributed by atoms with Gasteiger partial charge in [0, 0.05) is 6.54 Å². The summed E-state index contributed by atoms with van der Waals surface area (Å²) >= 11 is 0. The van der Waals surface area contributed by atoms with Crippen molar-refractivity contribution in [1.29, 1.82) is 0 Å². The number of guanidine groups is 1. The second-order valence-electron chi connectivity index (χ2n) is 4.88. The van der Waals surface area contributed by atoms with E-state index in [0.717, 1.165) is 0 Å². The van der Waals surface area contributed by atoms with Crippen LogP contribution in [-0.2, 0) is 13.1 Å². The minimum Gasteiger partial charge on any atom is -0.406 e. The number of nitrogens with one attached hydrogen (secondary N) is 1. The minimum absolute atomic E-state index is 0. The third-order valence-electron chi connectivity index (χ3n) is 2.95. The first kappa shape index (κ1) is 21.0. The molecule has 0 saturated carbocycles. The van der Waals surface area contributed by atoms with Crippen LogP contribution in [-0.4, -0.2) is 12.3 Å². The van der Waals surface area contributed by atoms with Crippen LogP contribution >= 0.6 is 24.0 Å². The standard InChI is InChI=1S/C16H15F4N3O.HI/c17-13-3-1-2-12(8-13)10-23-15(21)22-9-11-4-6-14(7-5-11)24-16(18,19)20;/h1-8H,9-10H2,(H3,21,22,23);1H. The lowest BCUT2D eigenvalue weighted by Crippen LogP contribution is -2.31. The van der Waals surface area contributed by atoms with Crippen LogP contribution in [0.25, 0.3) is 0 Å². The summed E-state index contributed by atoms with van der Waals surface area (Å²) in [4.78, 5) is 4.06. The Bertz CT molecular complexity index is 705. The maximum Gasteiger partial charge on any atom is 0.573 e. The average Bonchev–Trinajstić information content (AvgIpc) is 2.51. The molecule has 9 heteroatoms. The fourth-order valence-electron chi connectivity index (χ4n) is 1.87. The normalized spacial score (nSPS) is 11.6. The van der Waals surface area contributed by atoms with E-state index in [0.29, 0.717) is 11.1 Å². The first-order valence-corrected chi connectivity index (χ1v) is 6.95. The van der Waals surface area contributed by atoms with Crippen molar-refractivity contribution in [3.8, 4) is 5.75 Å². The van der Waals surface area contributed by atoms with Gasteiger partial charge in [-0.25, -0.2) is 9.38 Å². The summed E-state index contributed by atoms with van der Waals surface area (Å²) in [5.41, 5.74) is 7.07. The van der Waals surface area contributed by atoms with Crippen molar-refractivity contribution in [2.45, 2.75) is 19.5 Å². The largest absolute Gasteiger partial charge is 0.573 e. The van der Waals surface area contributed by atoms with Crippen LogP contribution in [0.3, 0.4) is 0 Å². The van der Waals surface area contributed by atoms with Crippen molar-refractivity contribution in [2.24, 2.45) is 10.7 Å². The number of halogens is 5. The number of rotatable bonds is 5. The molecule has 0 amide bonds. The molecule has 2 aromatic carbocycles. The van der Waals surface area contributed by atoms with Crippen molar-refractivity contribution in [3.63, 3.8) is 0 Å². The number of aliphatic imine (C=N–C) groups is 1. The molecule has 2 rings (SSSR count). The van der Waals surface area contributed by atoms with Gasteiger partial charge in [-0.3, -0.25) is 0 Å². The van der Waals surface area contributed by atoms with Gasteiger partial charge >= 0.3 is 6.36 Å². The van der Waals surface area contributed by atoms with Crippen LogP contribution in [0, 0.1) is 5.82 Å². The Morgan fingerprint density at radius 2 is 1.76 bits per heavy atom. The highest BCUT2D eigenvalue weighted by Crippen LogP contribution is 2.22. The zero-order valence-corrected chi connectivity index (χ0v) is 15.2. The van der Waals surface area contributed by atoms with Gasteiger partial charge in [-0.1, -0.05) is 24.3 Å². The first-order valence-electron chi connectivity index (χ1n) is 6.95. The molecule has 0 bridgehead atoms. The van der Waals surface area contributed by atoms with Gasteiger partial charge in [0.2, 0.25) is 0 Å². The van der Waals surface area contributed by atoms with Crippen LogP contribution in [0.5, 0.6) is 5.75 Å². The van der Waals surface area contributed by atoms with E-state index in [-0.39, 0.29) is 54.6 Å². The summed E-state index contributed by atoms with van der Waals surface area (Å²) in [7, 11) is 0. The predicted molar refractivity (Wildman–Crippen MR) is 97.1 cm³/mol. The van der Waals surface area contributed by atoms with E-state index < -0.39 is 6.36 Å². The second kappa shape index (κ2) is 9.44. The average molecular weight is 469 g/mol. The smallest absolute Gasteiger partial charge is 0.406 e. The van der Waals surface area contributed by atoms with Gasteiger partial charge in [-0.05, 0) is 35.4 Å². The number of nitrogens with two attached hydrogens (primary N) is 1. The van der Waals surface area contributed by atoms with Gasteiger partial charge < -0.3 is 15.8 Å². The highest BCUT2D eigenvalue weighted by atomic mass is 127. The lowest BCUT2D eigenvalue weighted by molar-refractivity contribution is -0.274. The molecule has 0 spiro atoms. The van der Waals surface area contributed by atoms with Gasteiger partial charge in [0.1, 0.15) is 11.6 Å². The highest BCUT2D eigenvalue weighted by molar-refractivity contribution is 14.0. The summed E-state index contributed by atoms with van der Waals surface area (Å²) < 4.78 is 53.0. The number of hydrogen-bond acceptors (Lipinski definition) is 2. The van der Waals surface area contributed by atoms with E-state index in [9.17, 15) is 17.6 Å². The summed E-state index contributed by atoms with van der Waals surface area (Å²) in [6, 6.07) is 11.4. The Morgan fingerprint density at radius 3 is 2.36 bits per heavy atom. The Kier molecular flexibility index (Phi) is 7.94. The lowest BCUT2D eigenvalue weighted by Gasteiger charge is -2.10. The van der Waals surface area contributed by atoms with Gasteiger partial charge in [0.05, 0.1) is 6.54 Å². The molecule has 0 fully saturated rings. The summed E-state index contributed by atoms with van der Waals surface area (Å²) in [5, 5.41) is 2.82. The molecule has 0 unspecified atom stereocenters. The van der Waals surface area contributed by atoms with Gasteiger partial charge in [-0.15, -0.1) is 37.1 Å². The van der Waals surface area contributed by atoms with Crippen molar-refractivity contribution in [3.05, 3.63) is 65.5 Å². The fraction of sp³-hybridized carbons (Fsp3) is 0.188. The van der Waals surface area contributed by atoms with Crippen LogP contribution in [0.2, 0.25) is 0 Å². The van der Waals surface area contributed by atoms with E-state index in [2.05, 4.69) is 15.0 Å². The summed E-state index contributed by atoms with van der Waals surface area (Å²) in [6.07, 6.45) is -4.71. The monoisotopic (exact) mass is 469 g/mol. The maximum atomic E-state index is 13.0. The number of nitrogens with zero attached hydrogens (tertiary/aromatic N) is 1. The summed E-state index contributed by atoms with van der Waals surface area (Å²) in [5.74, 6) is -0.496. The fourth-order valence-corrected chi connectivity index (χ4v) is 1.87. The number of hydrogen-bond donors (Lipinski definition) is 2. The van der Waals surface area contributed by atoms with E-state index in [4.69, 9.17) is 5.73 Å². The quantitative estimate of drug-likeness (QED) is 0.302. The molecule has 2 aromatic rings. The van der Waals surface area contributed by atoms with Gasteiger partial charge in [-0.2, -0.15) is 0 Å². The SMILES string of the molecule is I.NC(=NCc1cccc(F)c1)NCc1ccc(OC(F)(F)F)cc1. The van der Waals surface area contributed by atoms with Gasteiger partial charge in [0.25, 0.3) is 0 Å². The van der Waals surface area contributed by atoms with Crippen LogP contribution in [0.4, 0.5) is 17.6 Å². The summed E-state index contributed by atoms with van der Waals surface area (Å²) in [6.45, 7) is 0.500. The molecule has 0 aliphatic heterocycles. The van der Waals surface area contributed by atoms with Crippen LogP contribution in [0.15, 0.2) is 53.5 Å². The third kappa shape index (κ3) is 8.05. The molecule has 0 radical (unpaired) electrons. The van der Waals surface area contributed by atoms with E-state index >= 15 is 0 Å². The molecule has 0 atom stereocenters. The third-order valence-corrected chi connectivity index (χ3v) is 2.95. The van der Waals surface area contributed by atoms with Crippen molar-refractivity contribution < 1.29 is 22.3 Å². The molecule has 25 heavy (non-hydrogen) atoms. The minimum atomic E-state index is -4.71. The van der Waals surface area contributed by atoms with E-state index in [1.165, 1.54) is 36.4 Å². The Balaban J connectivity index is 0.00000312. The maximum absolute atomic E-state index is 13.0. The number of benzene rings is 2. The Morgan fingerprint density at radius 1 is 1.08 bits per heavy atom. The molecule has 0 aliphatic carbocycles. The van der Waals surface area contributed by atoms with Crippen LogP contribution < -0.4 is 15.8 Å². The lowest BCUT2D eigenvalue weighted by atomic mass is 10.2. The molecule has 0 aliphatic rings. The molecule has 0 aromatic heterocycles. The van der Waals surface area contributed by atoms with Crippen LogP contribution in [0.1, 0.15) is 11.1 Å². The Labute approximate surface area is 159 Å². The molecular weight excluding hydrogens is 453 g/mol. The molecule has 0 heterocycles. The molecule has 4 nitrogen and oxygen atoms in total. The van der Waals surface area contributed by atoms with Crippen molar-refractivity contribution >= 4 is 29.9 Å². The number of alkyl halides is 3. The molecule has 3 N–H and O–H groups in total. The Hall–Kier alpha value is -2.04. The second-order valence-corrected chi connectivity index (χ2v) is 4.88. The van der Waals surface area contributed by atoms with Crippen molar-refractivity contribution in [1.82, 2.24) is 5.32 Å². The molecule has 0 saturated heterocycles. The van der Waals surface area contributed by atoms with E-state index in [1.807, 2.05) is 0 Å². The zero-order valence-electron chi connectivity index (χ0n) is 12.9. The predicted octanol–water partition coefficient (Wildman–Crippen LogP) is 3.95. The molecular formula is C16H16F4IN3O. The van der Waals surface area contributed by atoms with Crippen molar-refractivity contribution in [2.75, 3.05) is 0 Å².